The van der Waals surface area contributed by atoms with Gasteiger partial charge < -0.3 is 15.0 Å². The van der Waals surface area contributed by atoms with E-state index in [1.807, 2.05) is 0 Å². The van der Waals surface area contributed by atoms with Gasteiger partial charge in [-0.25, -0.2) is 13.8 Å². The molecule has 6 nitrogen and oxygen atoms in total. The van der Waals surface area contributed by atoms with Crippen LogP contribution in [-0.2, 0) is 19.3 Å². The van der Waals surface area contributed by atoms with E-state index in [1.165, 1.54) is 6.07 Å². The molecule has 2 N–H and O–H groups in total. The molecular weight excluding hydrogens is 378 g/mol. The molecule has 1 fully saturated rings. The fraction of sp³-hybridized carbons (Fsp3) is 0.286. The highest BCUT2D eigenvalue weighted by atomic mass is 19.1. The third kappa shape index (κ3) is 2.55. The molecule has 0 radical (unpaired) electrons. The van der Waals surface area contributed by atoms with E-state index >= 15 is 0 Å². The molecule has 2 aromatic heterocycles. The van der Waals surface area contributed by atoms with E-state index in [-0.39, 0.29) is 23.2 Å². The lowest BCUT2D eigenvalue weighted by Gasteiger charge is -2.23. The lowest BCUT2D eigenvalue weighted by atomic mass is 9.90. The molecule has 0 saturated heterocycles. The Kier molecular flexibility index (Phi) is 3.23. The predicted molar refractivity (Wildman–Crippen MR) is 98.8 cm³/mol. The van der Waals surface area contributed by atoms with Crippen molar-refractivity contribution >= 4 is 5.91 Å². The molecule has 6 rings (SSSR count). The summed E-state index contributed by atoms with van der Waals surface area (Å²) in [5.74, 6) is -1.69. The van der Waals surface area contributed by atoms with Crippen LogP contribution in [0.25, 0.3) is 11.4 Å². The largest absolute Gasteiger partial charge is 0.421 e. The summed E-state index contributed by atoms with van der Waals surface area (Å²) in [6.07, 6.45) is 5.89. The summed E-state index contributed by atoms with van der Waals surface area (Å²) in [6, 6.07) is 3.03. The Balaban J connectivity index is 1.41. The zero-order chi connectivity index (χ0) is 19.8. The van der Waals surface area contributed by atoms with Gasteiger partial charge in [0.1, 0.15) is 5.82 Å². The molecule has 1 aliphatic heterocycles. The number of hydrogen-bond acceptors (Lipinski definition) is 4. The second-order valence-corrected chi connectivity index (χ2v) is 7.95. The topological polar surface area (TPSA) is 79.9 Å². The molecular formula is C21H16F2N4O2. The number of fused-ring (bicyclic) bond motifs is 5. The number of carbonyl (C=O) groups excluding carboxylic acids is 1. The van der Waals surface area contributed by atoms with Gasteiger partial charge >= 0.3 is 6.01 Å². The van der Waals surface area contributed by atoms with Crippen LogP contribution in [0.3, 0.4) is 0 Å². The van der Waals surface area contributed by atoms with E-state index in [9.17, 15) is 13.6 Å². The first-order chi connectivity index (χ1) is 14.0. The number of nitrogens with one attached hydrogen (secondary N) is 2. The van der Waals surface area contributed by atoms with Crippen molar-refractivity contribution in [3.8, 4) is 23.1 Å². The van der Waals surface area contributed by atoms with Crippen molar-refractivity contribution in [3.63, 3.8) is 0 Å². The number of nitrogens with zero attached hydrogens (tertiary/aromatic N) is 2. The maximum absolute atomic E-state index is 13.9. The van der Waals surface area contributed by atoms with Crippen LogP contribution in [0.5, 0.6) is 11.8 Å². The van der Waals surface area contributed by atoms with Crippen LogP contribution in [0, 0.1) is 11.6 Å². The van der Waals surface area contributed by atoms with Gasteiger partial charge in [0.2, 0.25) is 0 Å². The molecule has 3 heterocycles. The summed E-state index contributed by atoms with van der Waals surface area (Å²) in [7, 11) is 0. The first-order valence-electron chi connectivity index (χ1n) is 9.57. The van der Waals surface area contributed by atoms with Crippen LogP contribution >= 0.6 is 0 Å². The number of ether oxygens (including phenoxy) is 1. The molecule has 0 atom stereocenters. The van der Waals surface area contributed by atoms with Crippen molar-refractivity contribution < 1.29 is 18.3 Å². The number of rotatable bonds is 2. The van der Waals surface area contributed by atoms with Crippen molar-refractivity contribution in [2.45, 2.75) is 37.6 Å². The van der Waals surface area contributed by atoms with Crippen molar-refractivity contribution in [1.82, 2.24) is 20.3 Å². The summed E-state index contributed by atoms with van der Waals surface area (Å²) < 4.78 is 32.5. The molecule has 1 aromatic carbocycles. The van der Waals surface area contributed by atoms with E-state index in [4.69, 9.17) is 4.74 Å². The van der Waals surface area contributed by atoms with E-state index in [0.717, 1.165) is 65.9 Å². The maximum atomic E-state index is 13.9. The fourth-order valence-electron chi connectivity index (χ4n) is 4.35. The smallest absolute Gasteiger partial charge is 0.322 e. The van der Waals surface area contributed by atoms with Gasteiger partial charge in [0, 0.05) is 29.9 Å². The van der Waals surface area contributed by atoms with E-state index in [2.05, 4.69) is 20.3 Å². The SMILES string of the molecule is O=C1NC2(CC2)Cc2[nH]c3c(c21)CCc1cnc(Oc2ccc(F)cc2F)nc1-3. The number of carbonyl (C=O) groups is 1. The van der Waals surface area contributed by atoms with Gasteiger partial charge in [-0.3, -0.25) is 4.79 Å². The summed E-state index contributed by atoms with van der Waals surface area (Å²) in [6.45, 7) is 0. The molecule has 3 aliphatic rings. The number of hydrogen-bond donors (Lipinski definition) is 2. The van der Waals surface area contributed by atoms with Gasteiger partial charge in [-0.1, -0.05) is 0 Å². The summed E-state index contributed by atoms with van der Waals surface area (Å²) in [5, 5.41) is 3.15. The lowest BCUT2D eigenvalue weighted by Crippen LogP contribution is -2.43. The fourth-order valence-corrected chi connectivity index (χ4v) is 4.35. The lowest BCUT2D eigenvalue weighted by molar-refractivity contribution is 0.0917. The van der Waals surface area contributed by atoms with Crippen molar-refractivity contribution in [1.29, 1.82) is 0 Å². The molecule has 3 aromatic rings. The predicted octanol–water partition coefficient (Wildman–Crippen LogP) is 3.46. The normalized spacial score (nSPS) is 17.9. The second kappa shape index (κ2) is 5.62. The molecule has 0 bridgehead atoms. The Morgan fingerprint density at radius 3 is 2.83 bits per heavy atom. The van der Waals surface area contributed by atoms with Gasteiger partial charge in [-0.05, 0) is 48.9 Å². The average Bonchev–Trinajstić information content (AvgIpc) is 3.30. The van der Waals surface area contributed by atoms with Gasteiger partial charge in [-0.15, -0.1) is 0 Å². The number of aryl methyl sites for hydroxylation is 1. The van der Waals surface area contributed by atoms with Crippen molar-refractivity contribution in [2.24, 2.45) is 0 Å². The first kappa shape index (κ1) is 16.6. The van der Waals surface area contributed by atoms with Crippen LogP contribution in [0.15, 0.2) is 24.4 Å². The van der Waals surface area contributed by atoms with Crippen LogP contribution in [0.2, 0.25) is 0 Å². The van der Waals surface area contributed by atoms with Gasteiger partial charge in [0.25, 0.3) is 5.91 Å². The molecule has 1 amide bonds. The Morgan fingerprint density at radius 2 is 2.03 bits per heavy atom. The summed E-state index contributed by atoms with van der Waals surface area (Å²) in [4.78, 5) is 24.8. The Morgan fingerprint density at radius 1 is 1.17 bits per heavy atom. The zero-order valence-electron chi connectivity index (χ0n) is 15.3. The monoisotopic (exact) mass is 394 g/mol. The quantitative estimate of drug-likeness (QED) is 0.698. The highest BCUT2D eigenvalue weighted by Gasteiger charge is 2.49. The van der Waals surface area contributed by atoms with E-state index in [1.54, 1.807) is 6.20 Å². The highest BCUT2D eigenvalue weighted by molar-refractivity contribution is 6.01. The second-order valence-electron chi connectivity index (χ2n) is 7.95. The molecule has 1 spiro atoms. The minimum atomic E-state index is -0.825. The number of aromatic nitrogens is 3. The van der Waals surface area contributed by atoms with E-state index in [0.29, 0.717) is 12.1 Å². The van der Waals surface area contributed by atoms with Crippen LogP contribution in [-0.4, -0.2) is 26.4 Å². The Labute approximate surface area is 164 Å². The Hall–Kier alpha value is -3.29. The molecule has 0 unspecified atom stereocenters. The maximum Gasteiger partial charge on any atom is 0.322 e. The molecule has 146 valence electrons. The van der Waals surface area contributed by atoms with Gasteiger partial charge in [0.15, 0.2) is 11.6 Å². The van der Waals surface area contributed by atoms with Crippen molar-refractivity contribution in [2.75, 3.05) is 0 Å². The number of amides is 1. The summed E-state index contributed by atoms with van der Waals surface area (Å²) in [5.41, 5.74) is 4.95. The molecule has 1 saturated carbocycles. The third-order valence-corrected chi connectivity index (χ3v) is 5.97. The third-order valence-electron chi connectivity index (χ3n) is 5.97. The highest BCUT2D eigenvalue weighted by Crippen LogP contribution is 2.45. The summed E-state index contributed by atoms with van der Waals surface area (Å²) >= 11 is 0. The minimum Gasteiger partial charge on any atom is -0.421 e. The standard InChI is InChI=1S/C21H16F2N4O2/c22-11-2-4-15(13(23)7-11)29-20-24-9-10-1-3-12-16-14(25-18(12)17(10)26-20)8-21(5-6-21)27-19(16)28/h2,4,7,9,25H,1,3,5-6,8H2,(H,27,28). The van der Waals surface area contributed by atoms with Gasteiger partial charge in [0.05, 0.1) is 17.0 Å². The van der Waals surface area contributed by atoms with E-state index < -0.39 is 11.6 Å². The number of H-pyrrole nitrogens is 1. The van der Waals surface area contributed by atoms with Crippen molar-refractivity contribution in [3.05, 3.63) is 58.4 Å². The number of halogens is 2. The van der Waals surface area contributed by atoms with Crippen LogP contribution in [0.4, 0.5) is 8.78 Å². The number of aromatic amines is 1. The molecule has 29 heavy (non-hydrogen) atoms. The van der Waals surface area contributed by atoms with Crippen LogP contribution < -0.4 is 10.1 Å². The molecule has 8 heteroatoms. The molecule has 2 aliphatic carbocycles. The average molecular weight is 394 g/mol. The zero-order valence-corrected chi connectivity index (χ0v) is 15.3. The first-order valence-corrected chi connectivity index (χ1v) is 9.57. The Bertz CT molecular complexity index is 1200. The minimum absolute atomic E-state index is 0.0244. The number of benzene rings is 1. The van der Waals surface area contributed by atoms with Gasteiger partial charge in [-0.2, -0.15) is 4.98 Å². The van der Waals surface area contributed by atoms with Crippen LogP contribution in [0.1, 0.15) is 40.0 Å².